The van der Waals surface area contributed by atoms with Gasteiger partial charge in [0.2, 0.25) is 5.91 Å². The highest BCUT2D eigenvalue weighted by atomic mass is 32.2. The Bertz CT molecular complexity index is 498. The number of rotatable bonds is 5. The molecule has 0 aliphatic carbocycles. The summed E-state index contributed by atoms with van der Waals surface area (Å²) in [5, 5.41) is 10.6. The molecule has 0 bridgehead atoms. The Balaban J connectivity index is 2.80. The lowest BCUT2D eigenvalue weighted by Gasteiger charge is -2.18. The monoisotopic (exact) mass is 271 g/mol. The molecule has 2 unspecified atom stereocenters. The molecule has 0 radical (unpaired) electrons. The Hall–Kier alpha value is -1.40. The van der Waals surface area contributed by atoms with E-state index in [0.717, 1.165) is 11.8 Å². The molecule has 5 nitrogen and oxygen atoms in total. The third-order valence-electron chi connectivity index (χ3n) is 2.71. The van der Waals surface area contributed by atoms with Gasteiger partial charge in [-0.25, -0.2) is 8.42 Å². The first-order chi connectivity index (χ1) is 8.36. The Morgan fingerprint density at radius 3 is 2.33 bits per heavy atom. The Morgan fingerprint density at radius 1 is 1.33 bits per heavy atom. The van der Waals surface area contributed by atoms with E-state index in [1.54, 1.807) is 24.3 Å². The zero-order chi connectivity index (χ0) is 13.8. The number of nitrogens with one attached hydrogen (secondary N) is 1. The van der Waals surface area contributed by atoms with Crippen molar-refractivity contribution in [1.82, 2.24) is 5.32 Å². The minimum Gasteiger partial charge on any atom is -0.394 e. The average Bonchev–Trinajstić information content (AvgIpc) is 2.34. The summed E-state index contributed by atoms with van der Waals surface area (Å²) in [6, 6.07) is 8.30. The molecule has 1 aromatic rings. The summed E-state index contributed by atoms with van der Waals surface area (Å²) in [5.74, 6) is -0.611. The van der Waals surface area contributed by atoms with Gasteiger partial charge in [-0.3, -0.25) is 4.79 Å². The maximum Gasteiger partial charge on any atom is 0.238 e. The molecule has 1 aromatic carbocycles. The molecule has 0 heterocycles. The second-order valence-corrected chi connectivity index (χ2v) is 6.49. The molecule has 2 atom stereocenters. The molecular weight excluding hydrogens is 254 g/mol. The van der Waals surface area contributed by atoms with Gasteiger partial charge in [-0.05, 0) is 12.5 Å². The molecule has 0 saturated carbocycles. The first-order valence-corrected chi connectivity index (χ1v) is 7.46. The highest BCUT2D eigenvalue weighted by Crippen LogP contribution is 2.12. The van der Waals surface area contributed by atoms with Crippen molar-refractivity contribution < 1.29 is 18.3 Å². The standard InChI is InChI=1S/C12H17NO4S/c1-9(18(2,16)17)12(15)13-11(8-14)10-6-4-3-5-7-10/h3-7,9,11,14H,8H2,1-2H3,(H,13,15). The van der Waals surface area contributed by atoms with Crippen molar-refractivity contribution in [3.8, 4) is 0 Å². The van der Waals surface area contributed by atoms with Crippen LogP contribution in [0.2, 0.25) is 0 Å². The minimum absolute atomic E-state index is 0.285. The van der Waals surface area contributed by atoms with Crippen LogP contribution in [0.5, 0.6) is 0 Å². The number of hydrogen-bond donors (Lipinski definition) is 2. The van der Waals surface area contributed by atoms with Crippen LogP contribution in [-0.4, -0.2) is 37.5 Å². The molecule has 0 aliphatic heterocycles. The number of sulfone groups is 1. The van der Waals surface area contributed by atoms with E-state index in [-0.39, 0.29) is 6.61 Å². The molecule has 0 fully saturated rings. The first-order valence-electron chi connectivity index (χ1n) is 5.51. The van der Waals surface area contributed by atoms with Gasteiger partial charge in [0.15, 0.2) is 9.84 Å². The van der Waals surface area contributed by atoms with Crippen molar-refractivity contribution in [2.45, 2.75) is 18.2 Å². The van der Waals surface area contributed by atoms with Crippen molar-refractivity contribution in [3.63, 3.8) is 0 Å². The van der Waals surface area contributed by atoms with Gasteiger partial charge in [0, 0.05) is 6.26 Å². The quantitative estimate of drug-likeness (QED) is 0.805. The maximum absolute atomic E-state index is 11.7. The normalized spacial score (nSPS) is 14.8. The maximum atomic E-state index is 11.7. The van der Waals surface area contributed by atoms with Crippen molar-refractivity contribution in [2.75, 3.05) is 12.9 Å². The Kier molecular flexibility index (Phi) is 4.86. The molecule has 0 aromatic heterocycles. The molecule has 0 aliphatic rings. The van der Waals surface area contributed by atoms with Gasteiger partial charge in [-0.15, -0.1) is 0 Å². The van der Waals surface area contributed by atoms with Crippen LogP contribution in [0.1, 0.15) is 18.5 Å². The van der Waals surface area contributed by atoms with Gasteiger partial charge in [0.25, 0.3) is 0 Å². The summed E-state index contributed by atoms with van der Waals surface area (Å²) in [6.07, 6.45) is 1.01. The summed E-state index contributed by atoms with van der Waals surface area (Å²) in [5.41, 5.74) is 0.731. The Labute approximate surface area is 107 Å². The van der Waals surface area contributed by atoms with E-state index in [2.05, 4.69) is 5.32 Å². The third kappa shape index (κ3) is 3.82. The molecule has 100 valence electrons. The number of carbonyl (C=O) groups excluding carboxylic acids is 1. The number of amides is 1. The second-order valence-electron chi connectivity index (χ2n) is 4.13. The topological polar surface area (TPSA) is 83.5 Å². The summed E-state index contributed by atoms with van der Waals surface area (Å²) < 4.78 is 22.5. The average molecular weight is 271 g/mol. The van der Waals surface area contributed by atoms with Gasteiger partial charge in [-0.2, -0.15) is 0 Å². The van der Waals surface area contributed by atoms with Gasteiger partial charge in [0.05, 0.1) is 12.6 Å². The first kappa shape index (κ1) is 14.7. The molecule has 0 spiro atoms. The van der Waals surface area contributed by atoms with E-state index in [9.17, 15) is 18.3 Å². The smallest absolute Gasteiger partial charge is 0.238 e. The fourth-order valence-electron chi connectivity index (χ4n) is 1.40. The predicted octanol–water partition coefficient (Wildman–Crippen LogP) is 0.269. The van der Waals surface area contributed by atoms with E-state index in [1.807, 2.05) is 6.07 Å². The fourth-order valence-corrected chi connectivity index (χ4v) is 1.86. The van der Waals surface area contributed by atoms with Crippen LogP contribution in [0.4, 0.5) is 0 Å². The zero-order valence-electron chi connectivity index (χ0n) is 10.3. The molecular formula is C12H17NO4S. The van der Waals surface area contributed by atoms with Crippen LogP contribution >= 0.6 is 0 Å². The van der Waals surface area contributed by atoms with Crippen molar-refractivity contribution in [2.24, 2.45) is 0 Å². The number of aliphatic hydroxyl groups excluding tert-OH is 1. The second kappa shape index (κ2) is 5.97. The van der Waals surface area contributed by atoms with Crippen LogP contribution in [-0.2, 0) is 14.6 Å². The van der Waals surface area contributed by atoms with E-state index in [1.165, 1.54) is 6.92 Å². The van der Waals surface area contributed by atoms with E-state index >= 15 is 0 Å². The summed E-state index contributed by atoms with van der Waals surface area (Å²) in [4.78, 5) is 11.7. The van der Waals surface area contributed by atoms with Gasteiger partial charge in [-0.1, -0.05) is 30.3 Å². The lowest BCUT2D eigenvalue weighted by atomic mass is 10.1. The van der Waals surface area contributed by atoms with Crippen LogP contribution in [0.15, 0.2) is 30.3 Å². The van der Waals surface area contributed by atoms with Crippen LogP contribution in [0.25, 0.3) is 0 Å². The number of benzene rings is 1. The summed E-state index contributed by atoms with van der Waals surface area (Å²) >= 11 is 0. The fraction of sp³-hybridized carbons (Fsp3) is 0.417. The Morgan fingerprint density at radius 2 is 1.89 bits per heavy atom. The molecule has 2 N–H and O–H groups in total. The largest absolute Gasteiger partial charge is 0.394 e. The van der Waals surface area contributed by atoms with Crippen LogP contribution in [0, 0.1) is 0 Å². The highest BCUT2D eigenvalue weighted by molar-refractivity contribution is 7.92. The van der Waals surface area contributed by atoms with E-state index in [0.29, 0.717) is 0 Å². The predicted molar refractivity (Wildman–Crippen MR) is 68.7 cm³/mol. The third-order valence-corrected chi connectivity index (χ3v) is 4.21. The molecule has 6 heteroatoms. The van der Waals surface area contributed by atoms with Gasteiger partial charge < -0.3 is 10.4 Å². The highest BCUT2D eigenvalue weighted by Gasteiger charge is 2.25. The number of hydrogen-bond acceptors (Lipinski definition) is 4. The molecule has 1 amide bonds. The van der Waals surface area contributed by atoms with E-state index in [4.69, 9.17) is 0 Å². The van der Waals surface area contributed by atoms with Crippen molar-refractivity contribution in [1.29, 1.82) is 0 Å². The zero-order valence-corrected chi connectivity index (χ0v) is 11.1. The number of carbonyl (C=O) groups is 1. The van der Waals surface area contributed by atoms with Gasteiger partial charge >= 0.3 is 0 Å². The van der Waals surface area contributed by atoms with Crippen LogP contribution in [0.3, 0.4) is 0 Å². The summed E-state index contributed by atoms with van der Waals surface area (Å²) in [7, 11) is -3.43. The number of aliphatic hydroxyl groups is 1. The lowest BCUT2D eigenvalue weighted by molar-refractivity contribution is -0.121. The SMILES string of the molecule is CC(C(=O)NC(CO)c1ccccc1)S(C)(=O)=O. The van der Waals surface area contributed by atoms with Crippen LogP contribution < -0.4 is 5.32 Å². The van der Waals surface area contributed by atoms with E-state index < -0.39 is 27.0 Å². The molecule has 0 saturated heterocycles. The molecule has 18 heavy (non-hydrogen) atoms. The van der Waals surface area contributed by atoms with Gasteiger partial charge in [0.1, 0.15) is 5.25 Å². The summed E-state index contributed by atoms with van der Waals surface area (Å²) in [6.45, 7) is 1.04. The lowest BCUT2D eigenvalue weighted by Crippen LogP contribution is -2.40. The molecule has 1 rings (SSSR count). The van der Waals surface area contributed by atoms with Crippen molar-refractivity contribution >= 4 is 15.7 Å². The van der Waals surface area contributed by atoms with Crippen molar-refractivity contribution in [3.05, 3.63) is 35.9 Å². The minimum atomic E-state index is -3.43.